The van der Waals surface area contributed by atoms with Crippen LogP contribution in [0.5, 0.6) is 0 Å². The minimum Gasteiger partial charge on any atom is -0.396 e. The molecule has 1 rings (SSSR count). The molecule has 0 spiro atoms. The van der Waals surface area contributed by atoms with E-state index < -0.39 is 5.60 Å². The van der Waals surface area contributed by atoms with E-state index in [0.717, 1.165) is 12.0 Å². The van der Waals surface area contributed by atoms with Crippen molar-refractivity contribution in [2.24, 2.45) is 0 Å². The summed E-state index contributed by atoms with van der Waals surface area (Å²) >= 11 is 1.69. The third-order valence-corrected chi connectivity index (χ3v) is 4.11. The lowest BCUT2D eigenvalue weighted by molar-refractivity contribution is 0.0838. The maximum Gasteiger partial charge on any atom is 0.0958 e. The summed E-state index contributed by atoms with van der Waals surface area (Å²) in [5, 5.41) is 19.5. The summed E-state index contributed by atoms with van der Waals surface area (Å²) < 4.78 is 0. The van der Waals surface area contributed by atoms with Crippen LogP contribution in [0.4, 0.5) is 0 Å². The van der Waals surface area contributed by atoms with Crippen LogP contribution in [-0.2, 0) is 5.60 Å². The number of aliphatic hydroxyl groups excluding tert-OH is 1. The van der Waals surface area contributed by atoms with Crippen LogP contribution in [0.3, 0.4) is 0 Å². The summed E-state index contributed by atoms with van der Waals surface area (Å²) in [6, 6.07) is 9.70. The normalized spacial score (nSPS) is 16.8. The van der Waals surface area contributed by atoms with Crippen LogP contribution in [-0.4, -0.2) is 27.8 Å². The van der Waals surface area contributed by atoms with Gasteiger partial charge in [0.25, 0.3) is 0 Å². The molecule has 2 atom stereocenters. The first-order chi connectivity index (χ1) is 7.56. The second-order valence-electron chi connectivity index (χ2n) is 4.27. The number of benzene rings is 1. The molecule has 0 amide bonds. The third kappa shape index (κ3) is 4.16. The fourth-order valence-electron chi connectivity index (χ4n) is 1.45. The minimum atomic E-state index is -0.796. The van der Waals surface area contributed by atoms with Crippen molar-refractivity contribution in [1.29, 1.82) is 0 Å². The van der Waals surface area contributed by atoms with E-state index in [1.165, 1.54) is 0 Å². The summed E-state index contributed by atoms with van der Waals surface area (Å²) in [5.41, 5.74) is 0.147. The predicted octanol–water partition coefficient (Wildman–Crippen LogP) is 2.40. The summed E-state index contributed by atoms with van der Waals surface area (Å²) in [7, 11) is 0. The molecule has 0 saturated carbocycles. The Bertz CT molecular complexity index is 298. The molecule has 0 saturated heterocycles. The summed E-state index contributed by atoms with van der Waals surface area (Å²) in [6.07, 6.45) is 0.773. The molecule has 2 N–H and O–H groups in total. The highest BCUT2D eigenvalue weighted by atomic mass is 32.2. The maximum atomic E-state index is 10.3. The Balaban J connectivity index is 2.52. The molecule has 1 aromatic rings. The minimum absolute atomic E-state index is 0.210. The van der Waals surface area contributed by atoms with E-state index in [4.69, 9.17) is 5.11 Å². The van der Waals surface area contributed by atoms with E-state index >= 15 is 0 Å². The Morgan fingerprint density at radius 3 is 2.50 bits per heavy atom. The molecule has 0 fully saturated rings. The van der Waals surface area contributed by atoms with Gasteiger partial charge in [-0.2, -0.15) is 11.8 Å². The van der Waals surface area contributed by atoms with Gasteiger partial charge in [0.2, 0.25) is 0 Å². The first-order valence-electron chi connectivity index (χ1n) is 5.56. The second-order valence-corrected chi connectivity index (χ2v) is 5.70. The molecule has 16 heavy (non-hydrogen) atoms. The molecular weight excluding hydrogens is 220 g/mol. The Morgan fingerprint density at radius 1 is 1.31 bits per heavy atom. The highest BCUT2D eigenvalue weighted by Gasteiger charge is 2.23. The summed E-state index contributed by atoms with van der Waals surface area (Å²) in [4.78, 5) is 0. The van der Waals surface area contributed by atoms with Crippen LogP contribution in [0.25, 0.3) is 0 Å². The van der Waals surface area contributed by atoms with Gasteiger partial charge in [0.05, 0.1) is 5.60 Å². The lowest BCUT2D eigenvalue weighted by Gasteiger charge is -2.25. The molecule has 3 heteroatoms. The number of aliphatic hydroxyl groups is 2. The average Bonchev–Trinajstić information content (AvgIpc) is 2.28. The van der Waals surface area contributed by atoms with Gasteiger partial charge in [0.15, 0.2) is 0 Å². The highest BCUT2D eigenvalue weighted by molar-refractivity contribution is 7.99. The molecule has 90 valence electrons. The molecule has 0 aliphatic carbocycles. The predicted molar refractivity (Wildman–Crippen MR) is 69.6 cm³/mol. The van der Waals surface area contributed by atoms with Crippen molar-refractivity contribution in [2.75, 3.05) is 12.4 Å². The van der Waals surface area contributed by atoms with Crippen LogP contribution in [0.15, 0.2) is 30.3 Å². The van der Waals surface area contributed by atoms with Crippen LogP contribution in [0.1, 0.15) is 25.8 Å². The van der Waals surface area contributed by atoms with Gasteiger partial charge in [-0.3, -0.25) is 0 Å². The molecule has 0 radical (unpaired) electrons. The van der Waals surface area contributed by atoms with E-state index in [2.05, 4.69) is 6.92 Å². The SMILES string of the molecule is CC(CCO)SCC(C)(O)c1ccccc1. The van der Waals surface area contributed by atoms with Crippen molar-refractivity contribution < 1.29 is 10.2 Å². The first-order valence-corrected chi connectivity index (χ1v) is 6.61. The zero-order chi connectivity index (χ0) is 12.0. The van der Waals surface area contributed by atoms with E-state index in [1.807, 2.05) is 37.3 Å². The Morgan fingerprint density at radius 2 is 1.94 bits per heavy atom. The van der Waals surface area contributed by atoms with Gasteiger partial charge < -0.3 is 10.2 Å². The lowest BCUT2D eigenvalue weighted by atomic mass is 9.99. The molecular formula is C13H20O2S. The van der Waals surface area contributed by atoms with Crippen molar-refractivity contribution in [2.45, 2.75) is 31.1 Å². The van der Waals surface area contributed by atoms with Crippen LogP contribution in [0.2, 0.25) is 0 Å². The van der Waals surface area contributed by atoms with E-state index in [0.29, 0.717) is 11.0 Å². The molecule has 1 aromatic carbocycles. The summed E-state index contributed by atoms with van der Waals surface area (Å²) in [6.45, 7) is 4.12. The van der Waals surface area contributed by atoms with E-state index in [-0.39, 0.29) is 6.61 Å². The van der Waals surface area contributed by atoms with Gasteiger partial charge in [-0.05, 0) is 18.9 Å². The second kappa shape index (κ2) is 6.28. The molecule has 0 heterocycles. The molecule has 0 aliphatic rings. The Labute approximate surface area is 102 Å². The number of hydrogen-bond acceptors (Lipinski definition) is 3. The van der Waals surface area contributed by atoms with Crippen molar-refractivity contribution in [1.82, 2.24) is 0 Å². The monoisotopic (exact) mass is 240 g/mol. The summed E-state index contributed by atoms with van der Waals surface area (Å²) in [5.74, 6) is 0.651. The fraction of sp³-hybridized carbons (Fsp3) is 0.538. The van der Waals surface area contributed by atoms with Gasteiger partial charge >= 0.3 is 0 Å². The standard InChI is InChI=1S/C13H20O2S/c1-11(8-9-14)16-10-13(2,15)12-6-4-3-5-7-12/h3-7,11,14-15H,8-10H2,1-2H3. The number of rotatable bonds is 6. The molecule has 2 nitrogen and oxygen atoms in total. The highest BCUT2D eigenvalue weighted by Crippen LogP contribution is 2.27. The molecule has 0 bridgehead atoms. The average molecular weight is 240 g/mol. The number of thioether (sulfide) groups is 1. The Kier molecular flexibility index (Phi) is 5.32. The van der Waals surface area contributed by atoms with Gasteiger partial charge in [0, 0.05) is 17.6 Å². The van der Waals surface area contributed by atoms with E-state index in [1.54, 1.807) is 11.8 Å². The van der Waals surface area contributed by atoms with Crippen LogP contribution in [0, 0.1) is 0 Å². The Hall–Kier alpha value is -0.510. The zero-order valence-electron chi connectivity index (χ0n) is 9.89. The smallest absolute Gasteiger partial charge is 0.0958 e. The van der Waals surface area contributed by atoms with Crippen LogP contribution < -0.4 is 0 Å². The van der Waals surface area contributed by atoms with Crippen molar-refractivity contribution >= 4 is 11.8 Å². The van der Waals surface area contributed by atoms with Gasteiger partial charge in [-0.15, -0.1) is 0 Å². The fourth-order valence-corrected chi connectivity index (χ4v) is 2.50. The lowest BCUT2D eigenvalue weighted by Crippen LogP contribution is -2.25. The maximum absolute atomic E-state index is 10.3. The van der Waals surface area contributed by atoms with Crippen LogP contribution >= 0.6 is 11.8 Å². The van der Waals surface area contributed by atoms with Gasteiger partial charge in [-0.25, -0.2) is 0 Å². The molecule has 0 aromatic heterocycles. The third-order valence-electron chi connectivity index (χ3n) is 2.58. The van der Waals surface area contributed by atoms with Gasteiger partial charge in [-0.1, -0.05) is 37.3 Å². The zero-order valence-corrected chi connectivity index (χ0v) is 10.7. The van der Waals surface area contributed by atoms with Crippen molar-refractivity contribution in [3.05, 3.63) is 35.9 Å². The van der Waals surface area contributed by atoms with Crippen molar-refractivity contribution in [3.8, 4) is 0 Å². The van der Waals surface area contributed by atoms with Gasteiger partial charge in [0.1, 0.15) is 0 Å². The largest absolute Gasteiger partial charge is 0.396 e. The van der Waals surface area contributed by atoms with Crippen molar-refractivity contribution in [3.63, 3.8) is 0 Å². The first kappa shape index (κ1) is 13.6. The molecule has 2 unspecified atom stereocenters. The molecule has 0 aliphatic heterocycles. The topological polar surface area (TPSA) is 40.5 Å². The number of hydrogen-bond donors (Lipinski definition) is 2. The van der Waals surface area contributed by atoms with E-state index in [9.17, 15) is 5.11 Å². The quantitative estimate of drug-likeness (QED) is 0.802.